The Bertz CT molecular complexity index is 384. The van der Waals surface area contributed by atoms with E-state index in [-0.39, 0.29) is 10.6 Å². The van der Waals surface area contributed by atoms with Crippen LogP contribution in [-0.2, 0) is 0 Å². The van der Waals surface area contributed by atoms with Crippen molar-refractivity contribution in [2.45, 2.75) is 18.3 Å². The van der Waals surface area contributed by atoms with Gasteiger partial charge in [-0.05, 0) is 18.2 Å². The molecule has 0 aromatic heterocycles. The van der Waals surface area contributed by atoms with Crippen LogP contribution in [0.5, 0.6) is 5.75 Å². The van der Waals surface area contributed by atoms with E-state index in [1.807, 2.05) is 0 Å². The van der Waals surface area contributed by atoms with E-state index in [4.69, 9.17) is 22.4 Å². The highest BCUT2D eigenvalue weighted by Gasteiger charge is 2.43. The Hall–Kier alpha value is -0.980. The summed E-state index contributed by atoms with van der Waals surface area (Å²) in [4.78, 5) is 0. The van der Waals surface area contributed by atoms with Gasteiger partial charge in [0, 0.05) is 10.6 Å². The van der Waals surface area contributed by atoms with E-state index in [2.05, 4.69) is 0 Å². The van der Waals surface area contributed by atoms with Gasteiger partial charge in [0.05, 0.1) is 6.04 Å². The molecule has 1 aromatic carbocycles. The van der Waals surface area contributed by atoms with Crippen LogP contribution in [0.3, 0.4) is 0 Å². The van der Waals surface area contributed by atoms with Crippen LogP contribution in [0.1, 0.15) is 11.6 Å². The number of aromatic hydroxyl groups is 1. The van der Waals surface area contributed by atoms with Crippen LogP contribution >= 0.6 is 11.6 Å². The molecule has 0 radical (unpaired) electrons. The first kappa shape index (κ1) is 13.1. The Morgan fingerprint density at radius 3 is 2.38 bits per heavy atom. The Morgan fingerprint density at radius 2 is 1.88 bits per heavy atom. The molecule has 0 spiro atoms. The van der Waals surface area contributed by atoms with Crippen molar-refractivity contribution < 1.29 is 23.4 Å². The molecule has 2 atom stereocenters. The number of nitrogens with two attached hydrogens (primary N) is 1. The lowest BCUT2D eigenvalue weighted by Crippen LogP contribution is -2.38. The SMILES string of the molecule is N[C@H](c1cc(Cl)ccc1O)[C@@H](O)C(F)(F)F. The highest BCUT2D eigenvalue weighted by molar-refractivity contribution is 6.30. The summed E-state index contributed by atoms with van der Waals surface area (Å²) in [6.07, 6.45) is -7.61. The van der Waals surface area contributed by atoms with Crippen molar-refractivity contribution in [3.63, 3.8) is 0 Å². The lowest BCUT2D eigenvalue weighted by atomic mass is 10.0. The molecule has 0 amide bonds. The maximum absolute atomic E-state index is 12.2. The molecule has 0 bridgehead atoms. The average molecular weight is 256 g/mol. The standard InChI is InChI=1S/C9H9ClF3NO2/c10-4-1-2-6(15)5(3-4)7(14)8(16)9(11,12)13/h1-3,7-8,15-16H,14H2/t7-,8-/m1/s1. The van der Waals surface area contributed by atoms with Gasteiger partial charge >= 0.3 is 6.18 Å². The summed E-state index contributed by atoms with van der Waals surface area (Å²) in [5.41, 5.74) is 4.95. The molecule has 0 fully saturated rings. The van der Waals surface area contributed by atoms with E-state index in [9.17, 15) is 18.3 Å². The Morgan fingerprint density at radius 1 is 1.31 bits per heavy atom. The quantitative estimate of drug-likeness (QED) is 0.757. The second-order valence-electron chi connectivity index (χ2n) is 3.22. The van der Waals surface area contributed by atoms with Crippen LogP contribution in [0.2, 0.25) is 5.02 Å². The topological polar surface area (TPSA) is 66.5 Å². The monoisotopic (exact) mass is 255 g/mol. The predicted octanol–water partition coefficient (Wildman–Crippen LogP) is 1.97. The summed E-state index contributed by atoms with van der Waals surface area (Å²) in [6, 6.07) is 1.71. The molecule has 0 unspecified atom stereocenters. The van der Waals surface area contributed by atoms with Gasteiger partial charge in [0.15, 0.2) is 6.10 Å². The van der Waals surface area contributed by atoms with Crippen LogP contribution in [-0.4, -0.2) is 22.5 Å². The molecule has 3 nitrogen and oxygen atoms in total. The molecule has 0 heterocycles. The lowest BCUT2D eigenvalue weighted by Gasteiger charge is -2.22. The molecule has 0 saturated heterocycles. The van der Waals surface area contributed by atoms with Gasteiger partial charge in [-0.2, -0.15) is 13.2 Å². The van der Waals surface area contributed by atoms with Crippen molar-refractivity contribution in [3.8, 4) is 5.75 Å². The number of hydrogen-bond donors (Lipinski definition) is 3. The number of benzene rings is 1. The number of aliphatic hydroxyl groups is 1. The fourth-order valence-electron chi connectivity index (χ4n) is 1.17. The highest BCUT2D eigenvalue weighted by atomic mass is 35.5. The first-order valence-corrected chi connectivity index (χ1v) is 4.60. The molecule has 0 saturated carbocycles. The van der Waals surface area contributed by atoms with Gasteiger partial charge in [-0.3, -0.25) is 0 Å². The number of aliphatic hydroxyl groups excluding tert-OH is 1. The van der Waals surface area contributed by atoms with E-state index in [1.54, 1.807) is 0 Å². The minimum absolute atomic E-state index is 0.123. The minimum atomic E-state index is -4.85. The Balaban J connectivity index is 3.05. The second-order valence-corrected chi connectivity index (χ2v) is 3.65. The predicted molar refractivity (Wildman–Crippen MR) is 52.1 cm³/mol. The first-order chi connectivity index (χ1) is 7.23. The van der Waals surface area contributed by atoms with Crippen LogP contribution < -0.4 is 5.73 Å². The largest absolute Gasteiger partial charge is 0.508 e. The number of alkyl halides is 3. The summed E-state index contributed by atoms with van der Waals surface area (Å²) in [6.45, 7) is 0. The third-order valence-electron chi connectivity index (χ3n) is 2.02. The molecule has 1 rings (SSSR count). The highest BCUT2D eigenvalue weighted by Crippen LogP contribution is 2.33. The molecule has 0 aliphatic rings. The van der Waals surface area contributed by atoms with Crippen molar-refractivity contribution >= 4 is 11.6 Å². The zero-order valence-corrected chi connectivity index (χ0v) is 8.63. The molecule has 1 aromatic rings. The summed E-state index contributed by atoms with van der Waals surface area (Å²) in [5.74, 6) is -0.444. The van der Waals surface area contributed by atoms with E-state index in [1.165, 1.54) is 6.07 Å². The fraction of sp³-hybridized carbons (Fsp3) is 0.333. The van der Waals surface area contributed by atoms with Crippen LogP contribution in [0.4, 0.5) is 13.2 Å². The smallest absolute Gasteiger partial charge is 0.416 e. The zero-order valence-electron chi connectivity index (χ0n) is 7.87. The molecule has 0 aliphatic carbocycles. The molecular formula is C9H9ClF3NO2. The molecule has 90 valence electrons. The van der Waals surface area contributed by atoms with E-state index < -0.39 is 24.1 Å². The van der Waals surface area contributed by atoms with Gasteiger partial charge < -0.3 is 15.9 Å². The number of phenolic OH excluding ortho intramolecular Hbond substituents is 1. The normalized spacial score (nSPS) is 15.9. The number of halogens is 4. The van der Waals surface area contributed by atoms with Crippen molar-refractivity contribution in [2.24, 2.45) is 5.73 Å². The second kappa shape index (κ2) is 4.48. The molecule has 4 N–H and O–H groups in total. The van der Waals surface area contributed by atoms with Crippen LogP contribution in [0.25, 0.3) is 0 Å². The van der Waals surface area contributed by atoms with Gasteiger partial charge in [0.1, 0.15) is 5.75 Å². The van der Waals surface area contributed by atoms with E-state index >= 15 is 0 Å². The average Bonchev–Trinajstić information content (AvgIpc) is 2.18. The van der Waals surface area contributed by atoms with Crippen LogP contribution in [0.15, 0.2) is 18.2 Å². The van der Waals surface area contributed by atoms with Gasteiger partial charge in [0.2, 0.25) is 0 Å². The fourth-order valence-corrected chi connectivity index (χ4v) is 1.35. The summed E-state index contributed by atoms with van der Waals surface area (Å²) in [7, 11) is 0. The summed E-state index contributed by atoms with van der Waals surface area (Å²) >= 11 is 5.55. The van der Waals surface area contributed by atoms with Crippen molar-refractivity contribution in [3.05, 3.63) is 28.8 Å². The number of phenols is 1. The third-order valence-corrected chi connectivity index (χ3v) is 2.26. The van der Waals surface area contributed by atoms with Gasteiger partial charge in [-0.1, -0.05) is 11.6 Å². The molecule has 16 heavy (non-hydrogen) atoms. The van der Waals surface area contributed by atoms with Crippen molar-refractivity contribution in [2.75, 3.05) is 0 Å². The summed E-state index contributed by atoms with van der Waals surface area (Å²) in [5, 5.41) is 18.3. The van der Waals surface area contributed by atoms with Gasteiger partial charge in [-0.15, -0.1) is 0 Å². The van der Waals surface area contributed by atoms with E-state index in [0.717, 1.165) is 12.1 Å². The third kappa shape index (κ3) is 2.78. The Kier molecular flexibility index (Phi) is 3.67. The number of hydrogen-bond acceptors (Lipinski definition) is 3. The van der Waals surface area contributed by atoms with Crippen molar-refractivity contribution in [1.29, 1.82) is 0 Å². The minimum Gasteiger partial charge on any atom is -0.508 e. The van der Waals surface area contributed by atoms with Gasteiger partial charge in [0.25, 0.3) is 0 Å². The zero-order chi connectivity index (χ0) is 12.5. The Labute approximate surface area is 94.3 Å². The first-order valence-electron chi connectivity index (χ1n) is 4.22. The molecular weight excluding hydrogens is 247 g/mol. The lowest BCUT2D eigenvalue weighted by molar-refractivity contribution is -0.210. The summed E-state index contributed by atoms with van der Waals surface area (Å²) < 4.78 is 36.5. The maximum atomic E-state index is 12.2. The van der Waals surface area contributed by atoms with E-state index in [0.29, 0.717) is 0 Å². The molecule has 0 aliphatic heterocycles. The maximum Gasteiger partial charge on any atom is 0.416 e. The van der Waals surface area contributed by atoms with Gasteiger partial charge in [-0.25, -0.2) is 0 Å². The number of rotatable bonds is 2. The van der Waals surface area contributed by atoms with Crippen LogP contribution in [0, 0.1) is 0 Å². The molecule has 7 heteroatoms. The van der Waals surface area contributed by atoms with Crippen molar-refractivity contribution in [1.82, 2.24) is 0 Å².